The highest BCUT2D eigenvalue weighted by Gasteiger charge is 2.30. The molecule has 5 nitrogen and oxygen atoms in total. The Kier molecular flexibility index (Phi) is 4.71. The molecule has 0 fully saturated rings. The van der Waals surface area contributed by atoms with Crippen molar-refractivity contribution >= 4 is 0 Å². The predicted octanol–water partition coefficient (Wildman–Crippen LogP) is 2.12. The van der Waals surface area contributed by atoms with Crippen LogP contribution >= 0.6 is 0 Å². The van der Waals surface area contributed by atoms with Gasteiger partial charge in [0.25, 0.3) is 0 Å². The molecule has 21 heavy (non-hydrogen) atoms. The fraction of sp³-hybridized carbons (Fsp3) is 0.231. The van der Waals surface area contributed by atoms with Crippen molar-refractivity contribution in [2.75, 3.05) is 0 Å². The second-order valence-electron chi connectivity index (χ2n) is 4.22. The Balaban J connectivity index is 2.05. The number of hydrogen-bond donors (Lipinski definition) is 2. The number of halogens is 3. The lowest BCUT2D eigenvalue weighted by Crippen LogP contribution is -2.30. The summed E-state index contributed by atoms with van der Waals surface area (Å²) in [6, 6.07) is 6.92. The first-order valence-corrected chi connectivity index (χ1v) is 6.05. The molecule has 0 saturated heterocycles. The summed E-state index contributed by atoms with van der Waals surface area (Å²) in [7, 11) is 0. The molecule has 0 spiro atoms. The molecular weight excluding hydrogens is 285 g/mol. The summed E-state index contributed by atoms with van der Waals surface area (Å²) in [6.07, 6.45) is -1.08. The highest BCUT2D eigenvalue weighted by molar-refractivity contribution is 5.28. The fourth-order valence-corrected chi connectivity index (χ4v) is 1.78. The molecule has 112 valence electrons. The van der Waals surface area contributed by atoms with E-state index < -0.39 is 6.36 Å². The van der Waals surface area contributed by atoms with Gasteiger partial charge in [-0.3, -0.25) is 5.84 Å². The van der Waals surface area contributed by atoms with Crippen molar-refractivity contribution in [1.82, 2.24) is 15.4 Å². The van der Waals surface area contributed by atoms with Crippen LogP contribution in [0.3, 0.4) is 0 Å². The third kappa shape index (κ3) is 4.69. The molecule has 1 unspecified atom stereocenters. The van der Waals surface area contributed by atoms with E-state index in [1.165, 1.54) is 24.3 Å². The number of alkyl halides is 3. The molecule has 0 saturated carbocycles. The molecule has 3 N–H and O–H groups in total. The maximum absolute atomic E-state index is 12.1. The minimum atomic E-state index is -4.69. The lowest BCUT2D eigenvalue weighted by Gasteiger charge is -2.14. The molecule has 2 rings (SSSR count). The Morgan fingerprint density at radius 3 is 2.29 bits per heavy atom. The Morgan fingerprint density at radius 2 is 1.76 bits per heavy atom. The van der Waals surface area contributed by atoms with Crippen LogP contribution in [-0.2, 0) is 6.42 Å². The van der Waals surface area contributed by atoms with E-state index in [1.807, 2.05) is 0 Å². The topological polar surface area (TPSA) is 73.1 Å². The second-order valence-corrected chi connectivity index (χ2v) is 4.22. The summed E-state index contributed by atoms with van der Waals surface area (Å²) in [6.45, 7) is 0. The number of ether oxygens (including phenoxy) is 1. The fourth-order valence-electron chi connectivity index (χ4n) is 1.78. The number of rotatable bonds is 5. The average molecular weight is 298 g/mol. The molecule has 0 bridgehead atoms. The van der Waals surface area contributed by atoms with Gasteiger partial charge < -0.3 is 4.74 Å². The molecule has 0 aliphatic carbocycles. The summed E-state index contributed by atoms with van der Waals surface area (Å²) in [5, 5.41) is 0. The predicted molar refractivity (Wildman–Crippen MR) is 68.9 cm³/mol. The third-order valence-electron chi connectivity index (χ3n) is 2.70. The van der Waals surface area contributed by atoms with Crippen LogP contribution in [-0.4, -0.2) is 16.3 Å². The van der Waals surface area contributed by atoms with Crippen LogP contribution in [0.4, 0.5) is 13.2 Å². The highest BCUT2D eigenvalue weighted by Crippen LogP contribution is 2.23. The Bertz CT molecular complexity index is 560. The highest BCUT2D eigenvalue weighted by atomic mass is 19.4. The third-order valence-corrected chi connectivity index (χ3v) is 2.70. The number of nitrogens with one attached hydrogen (secondary N) is 1. The van der Waals surface area contributed by atoms with Crippen LogP contribution in [0.25, 0.3) is 0 Å². The normalized spacial score (nSPS) is 13.0. The molecule has 2 aromatic rings. The Morgan fingerprint density at radius 1 is 1.14 bits per heavy atom. The van der Waals surface area contributed by atoms with E-state index in [-0.39, 0.29) is 11.8 Å². The largest absolute Gasteiger partial charge is 0.573 e. The molecule has 1 atom stereocenters. The molecule has 0 radical (unpaired) electrons. The summed E-state index contributed by atoms with van der Waals surface area (Å²) in [5.41, 5.74) is 3.36. The van der Waals surface area contributed by atoms with Gasteiger partial charge in [0.2, 0.25) is 0 Å². The smallest absolute Gasteiger partial charge is 0.406 e. The molecular formula is C13H13F3N4O. The number of hydrazine groups is 1. The van der Waals surface area contributed by atoms with E-state index in [1.54, 1.807) is 18.5 Å². The van der Waals surface area contributed by atoms with E-state index >= 15 is 0 Å². The van der Waals surface area contributed by atoms with Gasteiger partial charge in [0.15, 0.2) is 0 Å². The zero-order chi connectivity index (χ0) is 15.3. The number of aromatic nitrogens is 2. The van der Waals surface area contributed by atoms with Gasteiger partial charge in [-0.25, -0.2) is 15.4 Å². The lowest BCUT2D eigenvalue weighted by atomic mass is 10.1. The van der Waals surface area contributed by atoms with Gasteiger partial charge >= 0.3 is 6.36 Å². The van der Waals surface area contributed by atoms with Crippen LogP contribution in [0.1, 0.15) is 17.4 Å². The Labute approximate surface area is 118 Å². The molecule has 1 heterocycles. The first-order chi connectivity index (χ1) is 9.98. The minimum absolute atomic E-state index is 0.264. The van der Waals surface area contributed by atoms with Crippen molar-refractivity contribution in [3.63, 3.8) is 0 Å². The first-order valence-electron chi connectivity index (χ1n) is 6.05. The molecule has 0 aliphatic rings. The monoisotopic (exact) mass is 298 g/mol. The van der Waals surface area contributed by atoms with Crippen molar-refractivity contribution in [3.05, 3.63) is 54.1 Å². The van der Waals surface area contributed by atoms with Gasteiger partial charge in [0.05, 0.1) is 6.04 Å². The van der Waals surface area contributed by atoms with Gasteiger partial charge in [-0.2, -0.15) is 0 Å². The molecule has 1 aromatic carbocycles. The number of nitrogens with zero attached hydrogens (tertiary/aromatic N) is 2. The van der Waals surface area contributed by atoms with Crippen LogP contribution in [0.15, 0.2) is 42.7 Å². The standard InChI is InChI=1S/C13H13F3N4O/c14-13(15,16)21-10-4-2-9(3-5-10)8-11(20-17)12-18-6-1-7-19-12/h1-7,11,20H,8,17H2. The number of benzene rings is 1. The van der Waals surface area contributed by atoms with E-state index in [0.29, 0.717) is 12.2 Å². The first kappa shape index (κ1) is 15.2. The summed E-state index contributed by atoms with van der Waals surface area (Å²) < 4.78 is 40.0. The van der Waals surface area contributed by atoms with Crippen molar-refractivity contribution in [2.45, 2.75) is 18.8 Å². The molecule has 1 aromatic heterocycles. The quantitative estimate of drug-likeness (QED) is 0.653. The maximum Gasteiger partial charge on any atom is 0.573 e. The van der Waals surface area contributed by atoms with Gasteiger partial charge in [-0.05, 0) is 30.2 Å². The van der Waals surface area contributed by atoms with E-state index in [0.717, 1.165) is 5.56 Å². The summed E-state index contributed by atoms with van der Waals surface area (Å²) >= 11 is 0. The van der Waals surface area contributed by atoms with E-state index in [2.05, 4.69) is 20.1 Å². The van der Waals surface area contributed by atoms with Crippen LogP contribution in [0, 0.1) is 0 Å². The molecule has 8 heteroatoms. The molecule has 0 aliphatic heterocycles. The zero-order valence-corrected chi connectivity index (χ0v) is 10.8. The molecule has 0 amide bonds. The van der Waals surface area contributed by atoms with Crippen molar-refractivity contribution < 1.29 is 17.9 Å². The zero-order valence-electron chi connectivity index (χ0n) is 10.8. The van der Waals surface area contributed by atoms with Crippen molar-refractivity contribution in [3.8, 4) is 5.75 Å². The van der Waals surface area contributed by atoms with Gasteiger partial charge in [0, 0.05) is 12.4 Å². The van der Waals surface area contributed by atoms with Crippen LogP contribution in [0.5, 0.6) is 5.75 Å². The van der Waals surface area contributed by atoms with E-state index in [9.17, 15) is 13.2 Å². The number of hydrogen-bond acceptors (Lipinski definition) is 5. The van der Waals surface area contributed by atoms with Gasteiger partial charge in [-0.1, -0.05) is 12.1 Å². The van der Waals surface area contributed by atoms with Gasteiger partial charge in [0.1, 0.15) is 11.6 Å². The minimum Gasteiger partial charge on any atom is -0.406 e. The van der Waals surface area contributed by atoms with Crippen LogP contribution in [0.2, 0.25) is 0 Å². The van der Waals surface area contributed by atoms with E-state index in [4.69, 9.17) is 5.84 Å². The second kappa shape index (κ2) is 6.51. The van der Waals surface area contributed by atoms with Crippen molar-refractivity contribution in [1.29, 1.82) is 0 Å². The average Bonchev–Trinajstić information content (AvgIpc) is 2.46. The van der Waals surface area contributed by atoms with Gasteiger partial charge in [-0.15, -0.1) is 13.2 Å². The van der Waals surface area contributed by atoms with Crippen LogP contribution < -0.4 is 16.0 Å². The SMILES string of the molecule is NNC(Cc1ccc(OC(F)(F)F)cc1)c1ncccn1. The summed E-state index contributed by atoms with van der Waals surface area (Å²) in [5.74, 6) is 5.71. The lowest BCUT2D eigenvalue weighted by molar-refractivity contribution is -0.274. The Hall–Kier alpha value is -2.19. The number of nitrogens with two attached hydrogens (primary N) is 1. The summed E-state index contributed by atoms with van der Waals surface area (Å²) in [4.78, 5) is 8.17. The van der Waals surface area contributed by atoms with Crippen molar-refractivity contribution in [2.24, 2.45) is 5.84 Å². The maximum atomic E-state index is 12.1.